The van der Waals surface area contributed by atoms with E-state index in [-0.39, 0.29) is 35.4 Å². The molecule has 8 nitrogen and oxygen atoms in total. The molecular formula is C38H50Br2F2N4O4S3. The number of thiophene rings is 2. The molecule has 53 heavy (non-hydrogen) atoms. The van der Waals surface area contributed by atoms with Crippen LogP contribution in [0.15, 0.2) is 19.7 Å². The standard InChI is InChI=1S/C38H50Br2F2N4O4S3/c1-3-5-7-9-11-13-15-19-43-37(47)49-21-17-25-23-27(51-35(25)39)29-31(41)32(42)30(34-33(29)45-53-46-34)28-24-26(36(40)52-28)18-22-50-38(48)44-20-16-14-12-10-8-6-4-2/h23-24H,3-22H2,1-2H3,(H,43,47)(H,44,48). The largest absolute Gasteiger partial charge is 0.449 e. The maximum absolute atomic E-state index is 16.0. The summed E-state index contributed by atoms with van der Waals surface area (Å²) in [4.78, 5) is 25.3. The topological polar surface area (TPSA) is 102 Å². The van der Waals surface area contributed by atoms with Crippen LogP contribution in [0.25, 0.3) is 31.9 Å². The zero-order chi connectivity index (χ0) is 38.0. The number of ether oxygens (including phenoxy) is 2. The maximum Gasteiger partial charge on any atom is 0.407 e. The van der Waals surface area contributed by atoms with Crippen LogP contribution in [0, 0.1) is 11.6 Å². The van der Waals surface area contributed by atoms with E-state index >= 15 is 8.78 Å². The van der Waals surface area contributed by atoms with Crippen molar-refractivity contribution in [2.24, 2.45) is 0 Å². The Morgan fingerprint density at radius 3 is 1.42 bits per heavy atom. The number of hydrogen-bond donors (Lipinski definition) is 2. The smallest absolute Gasteiger partial charge is 0.407 e. The molecule has 0 bridgehead atoms. The first-order chi connectivity index (χ1) is 25.7. The number of carbonyl (C=O) groups is 2. The Morgan fingerprint density at radius 1 is 0.642 bits per heavy atom. The van der Waals surface area contributed by atoms with Crippen molar-refractivity contribution in [3.8, 4) is 20.9 Å². The summed E-state index contributed by atoms with van der Waals surface area (Å²) in [5.41, 5.74) is 2.27. The number of benzene rings is 1. The van der Waals surface area contributed by atoms with Gasteiger partial charge in [0.05, 0.1) is 43.6 Å². The summed E-state index contributed by atoms with van der Waals surface area (Å²) < 4.78 is 53.0. The third-order valence-corrected chi connectivity index (χ3v) is 13.4. The molecule has 0 fully saturated rings. The second-order valence-electron chi connectivity index (χ2n) is 13.0. The monoisotopic (exact) mass is 918 g/mol. The Morgan fingerprint density at radius 2 is 1.02 bits per heavy atom. The summed E-state index contributed by atoms with van der Waals surface area (Å²) in [7, 11) is 0. The summed E-state index contributed by atoms with van der Waals surface area (Å²) in [6, 6.07) is 3.55. The second kappa shape index (κ2) is 23.7. The number of halogens is 4. The molecule has 0 saturated heterocycles. The van der Waals surface area contributed by atoms with Crippen LogP contribution in [0.5, 0.6) is 0 Å². The van der Waals surface area contributed by atoms with E-state index in [1.807, 2.05) is 0 Å². The molecule has 2 amide bonds. The fraction of sp³-hybridized carbons (Fsp3) is 0.579. The van der Waals surface area contributed by atoms with Gasteiger partial charge in [0.1, 0.15) is 11.0 Å². The van der Waals surface area contributed by atoms with Crippen LogP contribution in [0.1, 0.15) is 115 Å². The van der Waals surface area contributed by atoms with Gasteiger partial charge in [0.2, 0.25) is 0 Å². The van der Waals surface area contributed by atoms with Crippen molar-refractivity contribution in [2.45, 2.75) is 117 Å². The number of nitrogens with one attached hydrogen (secondary N) is 2. The van der Waals surface area contributed by atoms with E-state index in [9.17, 15) is 9.59 Å². The summed E-state index contributed by atoms with van der Waals surface area (Å²) in [5.74, 6) is -2.01. The van der Waals surface area contributed by atoms with E-state index in [0.717, 1.165) is 56.1 Å². The van der Waals surface area contributed by atoms with Gasteiger partial charge in [-0.3, -0.25) is 0 Å². The van der Waals surface area contributed by atoms with Crippen LogP contribution in [0.4, 0.5) is 18.4 Å². The van der Waals surface area contributed by atoms with Crippen LogP contribution in [0.2, 0.25) is 0 Å². The Bertz CT molecular complexity index is 1630. The van der Waals surface area contributed by atoms with Crippen LogP contribution in [-0.4, -0.2) is 47.2 Å². The van der Waals surface area contributed by atoms with Crippen molar-refractivity contribution < 1.29 is 27.8 Å². The van der Waals surface area contributed by atoms with Gasteiger partial charge < -0.3 is 20.1 Å². The Kier molecular flexibility index (Phi) is 19.4. The average molecular weight is 921 g/mol. The molecular weight excluding hydrogens is 870 g/mol. The highest BCUT2D eigenvalue weighted by Crippen LogP contribution is 2.46. The first-order valence-corrected chi connectivity index (χ1v) is 22.7. The molecule has 0 radical (unpaired) electrons. The number of amides is 2. The van der Waals surface area contributed by atoms with E-state index in [2.05, 4.69) is 65.1 Å². The van der Waals surface area contributed by atoms with E-state index in [1.165, 1.54) is 86.9 Å². The predicted molar refractivity (Wildman–Crippen MR) is 221 cm³/mol. The van der Waals surface area contributed by atoms with Gasteiger partial charge >= 0.3 is 12.2 Å². The predicted octanol–water partition coefficient (Wildman–Crippen LogP) is 13.0. The molecule has 15 heteroatoms. The Labute approximate surface area is 340 Å². The fourth-order valence-corrected chi connectivity index (χ4v) is 10.1. The minimum atomic E-state index is -1.01. The summed E-state index contributed by atoms with van der Waals surface area (Å²) in [6.45, 7) is 5.84. The van der Waals surface area contributed by atoms with Gasteiger partial charge in [0.15, 0.2) is 11.6 Å². The number of alkyl carbamates (subject to hydrolysis) is 2. The Hall–Kier alpha value is -2.20. The first kappa shape index (κ1) is 43.5. The van der Waals surface area contributed by atoms with Crippen LogP contribution < -0.4 is 10.6 Å². The molecule has 292 valence electrons. The summed E-state index contributed by atoms with van der Waals surface area (Å²) >= 11 is 10.5. The molecule has 0 saturated carbocycles. The molecule has 3 aromatic heterocycles. The van der Waals surface area contributed by atoms with Crippen molar-refractivity contribution in [3.05, 3.63) is 42.5 Å². The van der Waals surface area contributed by atoms with Gasteiger partial charge in [-0.2, -0.15) is 8.75 Å². The lowest BCUT2D eigenvalue weighted by Gasteiger charge is -2.08. The normalized spacial score (nSPS) is 11.4. The fourth-order valence-electron chi connectivity index (χ4n) is 5.95. The van der Waals surface area contributed by atoms with Crippen LogP contribution >= 0.6 is 66.3 Å². The molecule has 0 aliphatic rings. The number of aromatic nitrogens is 2. The quantitative estimate of drug-likeness (QED) is 0.0679. The summed E-state index contributed by atoms with van der Waals surface area (Å²) in [5, 5.41) is 5.60. The van der Waals surface area contributed by atoms with E-state index in [1.54, 1.807) is 12.1 Å². The number of rotatable bonds is 24. The molecule has 0 atom stereocenters. The zero-order valence-corrected chi connectivity index (χ0v) is 36.2. The van der Waals surface area contributed by atoms with E-state index in [4.69, 9.17) is 9.47 Å². The first-order valence-electron chi connectivity index (χ1n) is 18.8. The van der Waals surface area contributed by atoms with Gasteiger partial charge in [-0.15, -0.1) is 22.7 Å². The number of nitrogens with zero attached hydrogens (tertiary/aromatic N) is 2. The molecule has 0 spiro atoms. The lowest BCUT2D eigenvalue weighted by Crippen LogP contribution is -2.26. The maximum atomic E-state index is 16.0. The third-order valence-electron chi connectivity index (χ3n) is 8.91. The zero-order valence-electron chi connectivity index (χ0n) is 30.6. The minimum absolute atomic E-state index is 0.0482. The van der Waals surface area contributed by atoms with E-state index in [0.29, 0.717) is 35.7 Å². The highest BCUT2D eigenvalue weighted by atomic mass is 79.9. The SMILES string of the molecule is CCCCCCCCCNC(=O)OCCc1cc(-c2c(F)c(F)c(-c3cc(CCOC(=O)NCCCCCCCCC)c(Br)s3)c3nsnc23)sc1Br. The van der Waals surface area contributed by atoms with Crippen molar-refractivity contribution in [2.75, 3.05) is 26.3 Å². The van der Waals surface area contributed by atoms with Gasteiger partial charge in [-0.25, -0.2) is 18.4 Å². The van der Waals surface area contributed by atoms with Crippen LogP contribution in [0.3, 0.4) is 0 Å². The van der Waals surface area contributed by atoms with Gasteiger partial charge in [-0.05, 0) is 68.0 Å². The average Bonchev–Trinajstić information content (AvgIpc) is 3.86. The molecule has 3 heterocycles. The lowest BCUT2D eigenvalue weighted by molar-refractivity contribution is 0.146. The number of fused-ring (bicyclic) bond motifs is 1. The molecule has 4 aromatic rings. The van der Waals surface area contributed by atoms with E-state index < -0.39 is 23.8 Å². The second-order valence-corrected chi connectivity index (χ2v) is 18.3. The minimum Gasteiger partial charge on any atom is -0.449 e. The van der Waals surface area contributed by atoms with Crippen molar-refractivity contribution in [3.63, 3.8) is 0 Å². The highest BCUT2D eigenvalue weighted by Gasteiger charge is 2.28. The van der Waals surface area contributed by atoms with Crippen molar-refractivity contribution in [1.29, 1.82) is 0 Å². The number of hydrogen-bond acceptors (Lipinski definition) is 9. The Balaban J connectivity index is 1.31. The number of unbranched alkanes of at least 4 members (excludes halogenated alkanes) is 12. The van der Waals surface area contributed by atoms with Gasteiger partial charge in [-0.1, -0.05) is 90.9 Å². The molecule has 4 rings (SSSR count). The number of carbonyl (C=O) groups excluding carboxylic acids is 2. The molecule has 0 unspecified atom stereocenters. The van der Waals surface area contributed by atoms with Crippen molar-refractivity contribution in [1.82, 2.24) is 19.4 Å². The molecule has 1 aromatic carbocycles. The lowest BCUT2D eigenvalue weighted by atomic mass is 10.0. The third kappa shape index (κ3) is 13.5. The van der Waals surface area contributed by atoms with Crippen molar-refractivity contribution >= 4 is 89.5 Å². The molecule has 2 N–H and O–H groups in total. The highest BCUT2D eigenvalue weighted by molar-refractivity contribution is 9.11. The molecule has 0 aliphatic carbocycles. The molecule has 0 aliphatic heterocycles. The summed E-state index contributed by atoms with van der Waals surface area (Å²) in [6.07, 6.45) is 16.2. The van der Waals surface area contributed by atoms with Crippen LogP contribution in [-0.2, 0) is 22.3 Å². The van der Waals surface area contributed by atoms with Gasteiger partial charge in [0, 0.05) is 35.7 Å². The van der Waals surface area contributed by atoms with Gasteiger partial charge in [0.25, 0.3) is 0 Å².